The van der Waals surface area contributed by atoms with Crippen molar-refractivity contribution in [1.29, 1.82) is 0 Å². The summed E-state index contributed by atoms with van der Waals surface area (Å²) in [5.41, 5.74) is 6.28. The number of hydrogen-bond donors (Lipinski definition) is 2. The summed E-state index contributed by atoms with van der Waals surface area (Å²) in [6, 6.07) is 24.0. The number of carbonyl (C=O) groups is 1. The molecule has 0 fully saturated rings. The summed E-state index contributed by atoms with van der Waals surface area (Å²) in [5, 5.41) is 6.34. The van der Waals surface area contributed by atoms with Gasteiger partial charge >= 0.3 is 0 Å². The quantitative estimate of drug-likeness (QED) is 0.637. The van der Waals surface area contributed by atoms with Crippen molar-refractivity contribution >= 4 is 17.3 Å². The van der Waals surface area contributed by atoms with Gasteiger partial charge in [0.25, 0.3) is 0 Å². The third-order valence-electron chi connectivity index (χ3n) is 5.09. The molecule has 3 aromatic carbocycles. The highest BCUT2D eigenvalue weighted by Crippen LogP contribution is 2.29. The molecule has 146 valence electrons. The standard InChI is InChI=1S/C25H24N2O2/c1-29-20-14-15-22-19(16-20)10-7-13-23(22)26-17-25(28)27-24-12-6-5-11-21(24)18-8-3-2-4-9-18/h2-6,8-9,11-16,26H,7,10,17H2,1H3,(H,27,28). The molecule has 4 nitrogen and oxygen atoms in total. The maximum Gasteiger partial charge on any atom is 0.243 e. The second kappa shape index (κ2) is 8.65. The van der Waals surface area contributed by atoms with Crippen LogP contribution in [-0.2, 0) is 11.2 Å². The van der Waals surface area contributed by atoms with E-state index in [4.69, 9.17) is 4.74 Å². The van der Waals surface area contributed by atoms with Crippen molar-refractivity contribution in [3.8, 4) is 16.9 Å². The van der Waals surface area contributed by atoms with Gasteiger partial charge in [0, 0.05) is 22.5 Å². The second-order valence-corrected chi connectivity index (χ2v) is 6.99. The number of amides is 1. The van der Waals surface area contributed by atoms with Gasteiger partial charge in [-0.1, -0.05) is 54.6 Å². The number of benzene rings is 3. The predicted molar refractivity (Wildman–Crippen MR) is 118 cm³/mol. The molecule has 1 aliphatic carbocycles. The van der Waals surface area contributed by atoms with Crippen molar-refractivity contribution in [2.75, 3.05) is 19.0 Å². The smallest absolute Gasteiger partial charge is 0.243 e. The largest absolute Gasteiger partial charge is 0.497 e. The minimum absolute atomic E-state index is 0.0742. The number of methoxy groups -OCH3 is 1. The number of allylic oxidation sites excluding steroid dienone is 1. The van der Waals surface area contributed by atoms with Gasteiger partial charge in [0.1, 0.15) is 5.75 Å². The topological polar surface area (TPSA) is 50.4 Å². The van der Waals surface area contributed by atoms with Crippen molar-refractivity contribution in [1.82, 2.24) is 5.32 Å². The highest BCUT2D eigenvalue weighted by molar-refractivity contribution is 5.97. The lowest BCUT2D eigenvalue weighted by molar-refractivity contribution is -0.115. The van der Waals surface area contributed by atoms with E-state index in [-0.39, 0.29) is 12.5 Å². The summed E-state index contributed by atoms with van der Waals surface area (Å²) in [4.78, 5) is 12.6. The SMILES string of the molecule is COc1ccc2c(c1)CCC=C2NCC(=O)Nc1ccccc1-c1ccccc1. The van der Waals surface area contributed by atoms with Crippen LogP contribution in [0.4, 0.5) is 5.69 Å². The van der Waals surface area contributed by atoms with E-state index in [1.807, 2.05) is 60.7 Å². The first-order chi connectivity index (χ1) is 14.2. The average molecular weight is 384 g/mol. The fraction of sp³-hybridized carbons (Fsp3) is 0.160. The molecule has 0 aliphatic heterocycles. The highest BCUT2D eigenvalue weighted by atomic mass is 16.5. The lowest BCUT2D eigenvalue weighted by Gasteiger charge is -2.20. The zero-order valence-electron chi connectivity index (χ0n) is 16.4. The lowest BCUT2D eigenvalue weighted by atomic mass is 9.94. The number of hydrogen-bond acceptors (Lipinski definition) is 3. The van der Waals surface area contributed by atoms with Crippen LogP contribution in [0.25, 0.3) is 16.8 Å². The van der Waals surface area contributed by atoms with Crippen LogP contribution in [0.15, 0.2) is 78.9 Å². The normalized spacial score (nSPS) is 12.5. The van der Waals surface area contributed by atoms with E-state index in [0.29, 0.717) is 0 Å². The van der Waals surface area contributed by atoms with E-state index in [9.17, 15) is 4.79 Å². The molecular weight excluding hydrogens is 360 g/mol. The van der Waals surface area contributed by atoms with E-state index < -0.39 is 0 Å². The van der Waals surface area contributed by atoms with Crippen LogP contribution in [0.1, 0.15) is 17.5 Å². The number of ether oxygens (including phenoxy) is 1. The number of carbonyl (C=O) groups excluding carboxylic acids is 1. The molecule has 1 aliphatic rings. The zero-order valence-corrected chi connectivity index (χ0v) is 16.4. The van der Waals surface area contributed by atoms with E-state index in [2.05, 4.69) is 28.8 Å². The molecule has 1 amide bonds. The summed E-state index contributed by atoms with van der Waals surface area (Å²) in [7, 11) is 1.68. The molecule has 0 saturated carbocycles. The molecular formula is C25H24N2O2. The van der Waals surface area contributed by atoms with Gasteiger partial charge in [-0.3, -0.25) is 4.79 Å². The van der Waals surface area contributed by atoms with E-state index in [0.717, 1.165) is 46.7 Å². The van der Waals surface area contributed by atoms with Gasteiger partial charge in [0.15, 0.2) is 0 Å². The molecule has 29 heavy (non-hydrogen) atoms. The molecule has 0 bridgehead atoms. The molecule has 0 unspecified atom stereocenters. The Morgan fingerprint density at radius 1 is 0.966 bits per heavy atom. The van der Waals surface area contributed by atoms with Gasteiger partial charge < -0.3 is 15.4 Å². The number of para-hydroxylation sites is 1. The van der Waals surface area contributed by atoms with Crippen molar-refractivity contribution in [3.05, 3.63) is 90.0 Å². The lowest BCUT2D eigenvalue weighted by Crippen LogP contribution is -2.28. The van der Waals surface area contributed by atoms with E-state index in [1.54, 1.807) is 7.11 Å². The Labute approximate surface area is 171 Å². The van der Waals surface area contributed by atoms with Crippen LogP contribution in [0.3, 0.4) is 0 Å². The molecule has 0 aromatic heterocycles. The number of anilines is 1. The monoisotopic (exact) mass is 384 g/mol. The van der Waals surface area contributed by atoms with E-state index in [1.165, 1.54) is 5.56 Å². The molecule has 4 rings (SSSR count). The maximum atomic E-state index is 12.6. The van der Waals surface area contributed by atoms with Gasteiger partial charge in [-0.25, -0.2) is 0 Å². The van der Waals surface area contributed by atoms with Crippen LogP contribution in [0.2, 0.25) is 0 Å². The fourth-order valence-corrected chi connectivity index (χ4v) is 3.65. The van der Waals surface area contributed by atoms with Crippen LogP contribution < -0.4 is 15.4 Å². The Balaban J connectivity index is 1.44. The Morgan fingerprint density at radius 2 is 1.76 bits per heavy atom. The zero-order chi connectivity index (χ0) is 20.1. The van der Waals surface area contributed by atoms with Gasteiger partial charge in [0.05, 0.1) is 13.7 Å². The van der Waals surface area contributed by atoms with Gasteiger partial charge in [0.2, 0.25) is 5.91 Å². The predicted octanol–water partition coefficient (Wildman–Crippen LogP) is 4.88. The molecule has 0 radical (unpaired) electrons. The summed E-state index contributed by atoms with van der Waals surface area (Å²) in [5.74, 6) is 0.787. The Hall–Kier alpha value is -3.53. The number of fused-ring (bicyclic) bond motifs is 1. The number of aryl methyl sites for hydroxylation is 1. The molecule has 0 spiro atoms. The molecule has 0 saturated heterocycles. The number of rotatable bonds is 6. The van der Waals surface area contributed by atoms with Crippen LogP contribution in [0, 0.1) is 0 Å². The molecule has 4 heteroatoms. The molecule has 3 aromatic rings. The summed E-state index contributed by atoms with van der Waals surface area (Å²) >= 11 is 0. The average Bonchev–Trinajstić information content (AvgIpc) is 2.78. The maximum absolute atomic E-state index is 12.6. The van der Waals surface area contributed by atoms with Crippen molar-refractivity contribution in [2.45, 2.75) is 12.8 Å². The third-order valence-corrected chi connectivity index (χ3v) is 5.09. The Kier molecular flexibility index (Phi) is 5.61. The first-order valence-electron chi connectivity index (χ1n) is 9.80. The van der Waals surface area contributed by atoms with Crippen molar-refractivity contribution in [3.63, 3.8) is 0 Å². The van der Waals surface area contributed by atoms with E-state index >= 15 is 0 Å². The van der Waals surface area contributed by atoms with Crippen molar-refractivity contribution in [2.24, 2.45) is 0 Å². The van der Waals surface area contributed by atoms with Crippen LogP contribution in [-0.4, -0.2) is 19.6 Å². The molecule has 0 heterocycles. The summed E-state index contributed by atoms with van der Waals surface area (Å²) < 4.78 is 5.32. The van der Waals surface area contributed by atoms with Gasteiger partial charge in [-0.2, -0.15) is 0 Å². The van der Waals surface area contributed by atoms with Crippen molar-refractivity contribution < 1.29 is 9.53 Å². The molecule has 2 N–H and O–H groups in total. The number of nitrogens with one attached hydrogen (secondary N) is 2. The first-order valence-corrected chi connectivity index (χ1v) is 9.80. The van der Waals surface area contributed by atoms with Crippen LogP contribution in [0.5, 0.6) is 5.75 Å². The Morgan fingerprint density at radius 3 is 2.59 bits per heavy atom. The summed E-state index contributed by atoms with van der Waals surface area (Å²) in [6.07, 6.45) is 4.08. The fourth-order valence-electron chi connectivity index (χ4n) is 3.65. The minimum Gasteiger partial charge on any atom is -0.497 e. The van der Waals surface area contributed by atoms with Gasteiger partial charge in [-0.15, -0.1) is 0 Å². The minimum atomic E-state index is -0.0742. The summed E-state index contributed by atoms with van der Waals surface area (Å²) in [6.45, 7) is 0.209. The van der Waals surface area contributed by atoms with Gasteiger partial charge in [-0.05, 0) is 48.2 Å². The molecule has 0 atom stereocenters. The third kappa shape index (κ3) is 4.32. The first kappa shape index (κ1) is 18.8. The van der Waals surface area contributed by atoms with Crippen LogP contribution >= 0.6 is 0 Å². The highest BCUT2D eigenvalue weighted by Gasteiger charge is 2.15. The second-order valence-electron chi connectivity index (χ2n) is 6.99. The Bertz CT molecular complexity index is 1040.